The number of hydrogen-bond donors (Lipinski definition) is 0. The van der Waals surface area contributed by atoms with Crippen molar-refractivity contribution >= 4 is 22.9 Å². The second-order valence-corrected chi connectivity index (χ2v) is 4.77. The van der Waals surface area contributed by atoms with Crippen LogP contribution in [0, 0.1) is 0 Å². The van der Waals surface area contributed by atoms with E-state index in [9.17, 15) is 0 Å². The Morgan fingerprint density at radius 1 is 1.43 bits per heavy atom. The first-order valence-corrected chi connectivity index (χ1v) is 6.37. The Labute approximate surface area is 94.9 Å². The second kappa shape index (κ2) is 7.21. The Bertz CT molecular complexity index is 226. The number of halogens is 1. The van der Waals surface area contributed by atoms with Crippen LogP contribution in [0.5, 0.6) is 0 Å². The van der Waals surface area contributed by atoms with E-state index in [2.05, 4.69) is 16.9 Å². The molecule has 0 atom stereocenters. The largest absolute Gasteiger partial charge is 0.300 e. The van der Waals surface area contributed by atoms with Crippen molar-refractivity contribution < 1.29 is 0 Å². The lowest BCUT2D eigenvalue weighted by Crippen LogP contribution is -2.18. The average molecular weight is 233 g/mol. The fraction of sp³-hybridized carbons (Fsp3) is 0.700. The first-order valence-electron chi connectivity index (χ1n) is 4.96. The summed E-state index contributed by atoms with van der Waals surface area (Å²) in [5.74, 6) is 0.788. The van der Waals surface area contributed by atoms with Gasteiger partial charge < -0.3 is 0 Å². The smallest absolute Gasteiger partial charge is 0.107 e. The van der Waals surface area contributed by atoms with E-state index in [0.29, 0.717) is 0 Å². The Morgan fingerprint density at radius 3 is 2.93 bits per heavy atom. The van der Waals surface area contributed by atoms with Crippen molar-refractivity contribution in [3.05, 3.63) is 16.6 Å². The van der Waals surface area contributed by atoms with Crippen LogP contribution in [0.2, 0.25) is 0 Å². The molecule has 0 aliphatic heterocycles. The molecule has 4 heteroatoms. The van der Waals surface area contributed by atoms with Gasteiger partial charge in [-0.1, -0.05) is 6.42 Å². The Hall–Kier alpha value is -0.120. The van der Waals surface area contributed by atoms with Gasteiger partial charge in [0.1, 0.15) is 5.01 Å². The number of nitrogens with zero attached hydrogens (tertiary/aromatic N) is 2. The standard InChI is InChI=1S/C10H17ClN2S/c1-13(7-4-2-3-5-11)9-10-12-6-8-14-10/h6,8H,2-5,7,9H2,1H3. The SMILES string of the molecule is CN(CCCCCCl)Cc1nccs1. The third-order valence-electron chi connectivity index (χ3n) is 2.06. The van der Waals surface area contributed by atoms with Crippen molar-refractivity contribution in [2.45, 2.75) is 25.8 Å². The molecule has 2 nitrogen and oxygen atoms in total. The third kappa shape index (κ3) is 4.94. The topological polar surface area (TPSA) is 16.1 Å². The van der Waals surface area contributed by atoms with Crippen molar-refractivity contribution in [3.8, 4) is 0 Å². The van der Waals surface area contributed by atoms with Gasteiger partial charge in [-0.2, -0.15) is 0 Å². The van der Waals surface area contributed by atoms with Gasteiger partial charge in [0.05, 0.1) is 6.54 Å². The highest BCUT2D eigenvalue weighted by Gasteiger charge is 2.01. The van der Waals surface area contributed by atoms with Gasteiger partial charge in [-0.15, -0.1) is 22.9 Å². The fourth-order valence-electron chi connectivity index (χ4n) is 1.29. The highest BCUT2D eigenvalue weighted by atomic mass is 35.5. The predicted octanol–water partition coefficient (Wildman–Crippen LogP) is 2.98. The Kier molecular flexibility index (Phi) is 6.15. The van der Waals surface area contributed by atoms with Crippen molar-refractivity contribution in [1.29, 1.82) is 0 Å². The summed E-state index contributed by atoms with van der Waals surface area (Å²) in [7, 11) is 2.14. The monoisotopic (exact) mass is 232 g/mol. The summed E-state index contributed by atoms with van der Waals surface area (Å²) in [5.41, 5.74) is 0. The number of rotatable bonds is 7. The normalized spacial score (nSPS) is 11.1. The van der Waals surface area contributed by atoms with Gasteiger partial charge in [-0.25, -0.2) is 4.98 Å². The van der Waals surface area contributed by atoms with Gasteiger partial charge >= 0.3 is 0 Å². The van der Waals surface area contributed by atoms with Crippen molar-refractivity contribution in [3.63, 3.8) is 0 Å². The average Bonchev–Trinajstić information content (AvgIpc) is 2.65. The molecule has 0 aliphatic rings. The number of thiazole rings is 1. The van der Waals surface area contributed by atoms with E-state index >= 15 is 0 Å². The molecule has 0 fully saturated rings. The molecular formula is C10H17ClN2S. The van der Waals surface area contributed by atoms with Gasteiger partial charge in [0.15, 0.2) is 0 Å². The molecule has 1 heterocycles. The van der Waals surface area contributed by atoms with Crippen LogP contribution in [0.1, 0.15) is 24.3 Å². The lowest BCUT2D eigenvalue weighted by atomic mass is 10.2. The zero-order valence-corrected chi connectivity index (χ0v) is 10.2. The first kappa shape index (κ1) is 12.0. The zero-order valence-electron chi connectivity index (χ0n) is 8.58. The predicted molar refractivity (Wildman–Crippen MR) is 63.0 cm³/mol. The molecule has 1 aromatic rings. The fourth-order valence-corrected chi connectivity index (χ4v) is 2.18. The van der Waals surface area contributed by atoms with Crippen molar-refractivity contribution in [2.24, 2.45) is 0 Å². The van der Waals surface area contributed by atoms with Gasteiger partial charge in [-0.3, -0.25) is 4.90 Å². The van der Waals surface area contributed by atoms with E-state index < -0.39 is 0 Å². The van der Waals surface area contributed by atoms with Crippen molar-refractivity contribution in [2.75, 3.05) is 19.5 Å². The van der Waals surface area contributed by atoms with Crippen LogP contribution in [-0.4, -0.2) is 29.4 Å². The highest BCUT2D eigenvalue weighted by Crippen LogP contribution is 2.07. The number of aromatic nitrogens is 1. The summed E-state index contributed by atoms with van der Waals surface area (Å²) in [6.45, 7) is 2.11. The number of unbranched alkanes of at least 4 members (excludes halogenated alkanes) is 2. The molecule has 0 bridgehead atoms. The van der Waals surface area contributed by atoms with Crippen LogP contribution in [0.15, 0.2) is 11.6 Å². The van der Waals surface area contributed by atoms with Gasteiger partial charge in [0, 0.05) is 17.5 Å². The van der Waals surface area contributed by atoms with Gasteiger partial charge in [0.2, 0.25) is 0 Å². The van der Waals surface area contributed by atoms with E-state index in [1.54, 1.807) is 11.3 Å². The minimum absolute atomic E-state index is 0.788. The molecule has 0 radical (unpaired) electrons. The van der Waals surface area contributed by atoms with Crippen LogP contribution in [0.25, 0.3) is 0 Å². The molecule has 0 N–H and O–H groups in total. The van der Waals surface area contributed by atoms with Crippen molar-refractivity contribution in [1.82, 2.24) is 9.88 Å². The minimum Gasteiger partial charge on any atom is -0.300 e. The number of hydrogen-bond acceptors (Lipinski definition) is 3. The van der Waals surface area contributed by atoms with E-state index in [0.717, 1.165) is 25.4 Å². The van der Waals surface area contributed by atoms with Crippen LogP contribution >= 0.6 is 22.9 Å². The maximum Gasteiger partial charge on any atom is 0.107 e. The molecule has 0 saturated carbocycles. The molecule has 0 saturated heterocycles. The highest BCUT2D eigenvalue weighted by molar-refractivity contribution is 7.09. The summed E-state index contributed by atoms with van der Waals surface area (Å²) < 4.78 is 0. The third-order valence-corrected chi connectivity index (χ3v) is 3.09. The van der Waals surface area contributed by atoms with E-state index in [4.69, 9.17) is 11.6 Å². The molecule has 0 amide bonds. The second-order valence-electron chi connectivity index (χ2n) is 3.41. The molecular weight excluding hydrogens is 216 g/mol. The summed E-state index contributed by atoms with van der Waals surface area (Å²) >= 11 is 7.33. The van der Waals surface area contributed by atoms with E-state index in [1.807, 2.05) is 11.6 Å². The lowest BCUT2D eigenvalue weighted by Gasteiger charge is -2.14. The minimum atomic E-state index is 0.788. The molecule has 0 aliphatic carbocycles. The first-order chi connectivity index (χ1) is 6.83. The van der Waals surface area contributed by atoms with E-state index in [1.165, 1.54) is 17.8 Å². The summed E-state index contributed by atoms with van der Waals surface area (Å²) in [6.07, 6.45) is 5.45. The molecule has 0 unspecified atom stereocenters. The van der Waals surface area contributed by atoms with Crippen LogP contribution < -0.4 is 0 Å². The summed E-state index contributed by atoms with van der Waals surface area (Å²) in [4.78, 5) is 6.57. The van der Waals surface area contributed by atoms with Gasteiger partial charge in [0.25, 0.3) is 0 Å². The lowest BCUT2D eigenvalue weighted by molar-refractivity contribution is 0.318. The van der Waals surface area contributed by atoms with Gasteiger partial charge in [-0.05, 0) is 26.4 Å². The summed E-state index contributed by atoms with van der Waals surface area (Å²) in [5, 5.41) is 3.22. The molecule has 14 heavy (non-hydrogen) atoms. The zero-order chi connectivity index (χ0) is 10.2. The molecule has 0 spiro atoms. The molecule has 80 valence electrons. The number of alkyl halides is 1. The maximum absolute atomic E-state index is 5.61. The molecule has 1 aromatic heterocycles. The Morgan fingerprint density at radius 2 is 2.29 bits per heavy atom. The molecule has 0 aromatic carbocycles. The van der Waals surface area contributed by atoms with Crippen LogP contribution in [0.3, 0.4) is 0 Å². The quantitative estimate of drug-likeness (QED) is 0.531. The summed E-state index contributed by atoms with van der Waals surface area (Å²) in [6, 6.07) is 0. The van der Waals surface area contributed by atoms with Crippen LogP contribution in [0.4, 0.5) is 0 Å². The van der Waals surface area contributed by atoms with E-state index in [-0.39, 0.29) is 0 Å². The molecule has 1 rings (SSSR count). The van der Waals surface area contributed by atoms with Crippen LogP contribution in [-0.2, 0) is 6.54 Å². The maximum atomic E-state index is 5.61. The Balaban J connectivity index is 2.07.